The van der Waals surface area contributed by atoms with Gasteiger partial charge < -0.3 is 18.3 Å². The number of benzene rings is 10. The van der Waals surface area contributed by atoms with Crippen molar-refractivity contribution in [1.82, 2.24) is 18.3 Å². The lowest BCUT2D eigenvalue weighted by Gasteiger charge is -2.32. The molecule has 4 nitrogen and oxygen atoms in total. The molecule has 1 aliphatic carbocycles. The molecular formula is C64H44N4. The van der Waals surface area contributed by atoms with E-state index in [1.165, 1.54) is 121 Å². The highest BCUT2D eigenvalue weighted by atomic mass is 15.0. The lowest BCUT2D eigenvalue weighted by molar-refractivity contribution is 0.617. The van der Waals surface area contributed by atoms with E-state index in [9.17, 15) is 0 Å². The molecule has 4 aromatic heterocycles. The maximum atomic E-state index is 2.54. The molecule has 4 heterocycles. The smallest absolute Gasteiger partial charge is 0.0547 e. The first-order valence-corrected chi connectivity index (χ1v) is 23.9. The van der Waals surface area contributed by atoms with Crippen LogP contribution in [0.25, 0.3) is 121 Å². The number of hydrogen-bond acceptors (Lipinski definition) is 0. The third kappa shape index (κ3) is 5.09. The van der Waals surface area contributed by atoms with Gasteiger partial charge in [-0.1, -0.05) is 123 Å². The van der Waals surface area contributed by atoms with Crippen LogP contribution in [0.2, 0.25) is 0 Å². The average Bonchev–Trinajstić information content (AvgIpc) is 4.12. The quantitative estimate of drug-likeness (QED) is 0.168. The average molecular weight is 869 g/mol. The van der Waals surface area contributed by atoms with Crippen LogP contribution in [-0.2, 0) is 0 Å². The molecule has 4 heteroatoms. The van der Waals surface area contributed by atoms with E-state index in [2.05, 4.69) is 251 Å². The zero-order chi connectivity index (χ0) is 44.8. The first-order chi connectivity index (χ1) is 33.6. The third-order valence-corrected chi connectivity index (χ3v) is 15.6. The van der Waals surface area contributed by atoms with Gasteiger partial charge in [0.1, 0.15) is 0 Å². The number of aromatic nitrogens is 4. The second-order valence-corrected chi connectivity index (χ2v) is 19.0. The Bertz CT molecular complexity index is 4010. The van der Waals surface area contributed by atoms with E-state index < -0.39 is 0 Å². The van der Waals surface area contributed by atoms with Crippen molar-refractivity contribution >= 4 is 87.2 Å². The van der Waals surface area contributed by atoms with Gasteiger partial charge in [0.2, 0.25) is 0 Å². The molecule has 2 unspecified atom stereocenters. The van der Waals surface area contributed by atoms with Gasteiger partial charge in [-0.3, -0.25) is 0 Å². The van der Waals surface area contributed by atoms with Crippen molar-refractivity contribution in [3.63, 3.8) is 0 Å². The summed E-state index contributed by atoms with van der Waals surface area (Å²) in [7, 11) is 0. The van der Waals surface area contributed by atoms with Crippen LogP contribution in [0, 0.1) is 0 Å². The molecule has 68 heavy (non-hydrogen) atoms. The highest BCUT2D eigenvalue weighted by Gasteiger charge is 2.32. The number of nitrogens with zero attached hydrogens (tertiary/aromatic N) is 4. The van der Waals surface area contributed by atoms with E-state index in [1.807, 2.05) is 0 Å². The van der Waals surface area contributed by atoms with Crippen LogP contribution in [0.3, 0.4) is 0 Å². The molecule has 2 atom stereocenters. The maximum absolute atomic E-state index is 2.54. The van der Waals surface area contributed by atoms with E-state index in [4.69, 9.17) is 0 Å². The van der Waals surface area contributed by atoms with E-state index in [1.54, 1.807) is 0 Å². The molecule has 14 aromatic rings. The summed E-state index contributed by atoms with van der Waals surface area (Å²) in [5.74, 6) is 0.594. The minimum atomic E-state index is 0.297. The monoisotopic (exact) mass is 868 g/mol. The van der Waals surface area contributed by atoms with Gasteiger partial charge in [0.25, 0.3) is 0 Å². The van der Waals surface area contributed by atoms with Crippen LogP contribution < -0.4 is 0 Å². The zero-order valence-corrected chi connectivity index (χ0v) is 37.7. The Kier molecular flexibility index (Phi) is 7.72. The van der Waals surface area contributed by atoms with Crippen LogP contribution in [-0.4, -0.2) is 18.3 Å². The molecule has 1 aliphatic rings. The molecule has 10 aromatic carbocycles. The molecule has 0 fully saturated rings. The third-order valence-electron chi connectivity index (χ3n) is 15.6. The Labute approximate surface area is 392 Å². The molecule has 0 spiro atoms. The van der Waals surface area contributed by atoms with E-state index in [0.717, 1.165) is 11.4 Å². The van der Waals surface area contributed by atoms with E-state index >= 15 is 0 Å². The SMILES string of the molecule is CC1c2cc3c4cc(-n5c6ccccc6c6ccccc65)ccc4n(-c4ccccc4)c3cc2-c2cc3c(cc2C1C)c1cc(-n2c4ccccc4c4ccccc42)ccc1n3-c1ccccc1. The van der Waals surface area contributed by atoms with Gasteiger partial charge in [-0.05, 0) is 143 Å². The molecule has 0 amide bonds. The molecule has 320 valence electrons. The fraction of sp³-hybridized carbons (Fsp3) is 0.0625. The van der Waals surface area contributed by atoms with Crippen molar-refractivity contribution in [3.8, 4) is 33.9 Å². The van der Waals surface area contributed by atoms with Gasteiger partial charge in [0.05, 0.1) is 44.1 Å². The van der Waals surface area contributed by atoms with Crippen LogP contribution in [0.4, 0.5) is 0 Å². The van der Waals surface area contributed by atoms with Crippen LogP contribution in [0.5, 0.6) is 0 Å². The summed E-state index contributed by atoms with van der Waals surface area (Å²) in [5.41, 5.74) is 19.8. The Hall–Kier alpha value is -8.60. The topological polar surface area (TPSA) is 19.7 Å². The summed E-state index contributed by atoms with van der Waals surface area (Å²) in [6.45, 7) is 4.88. The standard InChI is InChI=1S/C64H44N4/c1-39-40(2)50-36-56-54-34-44(68-59-27-15-11-23-47(59)48-24-12-16-28-60(48)68)30-32-62(54)66(42-19-7-4-8-20-42)64(56)38-52(50)51-37-63-55(35-49(39)51)53-33-43(29-31-61(53)65(63)41-17-5-3-6-18-41)67-57-25-13-9-21-45(57)46-22-10-14-26-58(46)67/h3-40H,1-2H3. The summed E-state index contributed by atoms with van der Waals surface area (Å²) in [6, 6.07) is 81.3. The normalized spacial score (nSPS) is 14.9. The zero-order valence-electron chi connectivity index (χ0n) is 37.7. The fourth-order valence-corrected chi connectivity index (χ4v) is 12.3. The Morgan fingerprint density at radius 1 is 0.235 bits per heavy atom. The summed E-state index contributed by atoms with van der Waals surface area (Å²) >= 11 is 0. The molecule has 0 saturated heterocycles. The predicted octanol–water partition coefficient (Wildman–Crippen LogP) is 17.0. The molecule has 15 rings (SSSR count). The molecule has 0 aliphatic heterocycles. The van der Waals surface area contributed by atoms with E-state index in [-0.39, 0.29) is 0 Å². The Morgan fingerprint density at radius 3 is 0.897 bits per heavy atom. The number of rotatable bonds is 4. The van der Waals surface area contributed by atoms with Crippen LogP contribution in [0.1, 0.15) is 36.8 Å². The second-order valence-electron chi connectivity index (χ2n) is 19.0. The van der Waals surface area contributed by atoms with Gasteiger partial charge in [0.15, 0.2) is 0 Å². The predicted molar refractivity (Wildman–Crippen MR) is 286 cm³/mol. The number of hydrogen-bond donors (Lipinski definition) is 0. The van der Waals surface area contributed by atoms with Crippen LogP contribution >= 0.6 is 0 Å². The summed E-state index contributed by atoms with van der Waals surface area (Å²) < 4.78 is 9.85. The van der Waals surface area contributed by atoms with Crippen LogP contribution in [0.15, 0.2) is 218 Å². The minimum absolute atomic E-state index is 0.297. The summed E-state index contributed by atoms with van der Waals surface area (Å²) in [4.78, 5) is 0. The lowest BCUT2D eigenvalue weighted by Crippen LogP contribution is -2.13. The second kappa shape index (κ2) is 14.0. The molecule has 0 N–H and O–H groups in total. The van der Waals surface area contributed by atoms with Crippen molar-refractivity contribution in [2.75, 3.05) is 0 Å². The molecular weight excluding hydrogens is 825 g/mol. The largest absolute Gasteiger partial charge is 0.309 e. The van der Waals surface area contributed by atoms with E-state index in [0.29, 0.717) is 11.8 Å². The van der Waals surface area contributed by atoms with Crippen molar-refractivity contribution in [3.05, 3.63) is 230 Å². The first-order valence-electron chi connectivity index (χ1n) is 23.9. The summed E-state index contributed by atoms with van der Waals surface area (Å²) in [6.07, 6.45) is 0. The van der Waals surface area contributed by atoms with Gasteiger partial charge in [-0.2, -0.15) is 0 Å². The molecule has 0 saturated carbocycles. The lowest BCUT2D eigenvalue weighted by atomic mass is 9.72. The minimum Gasteiger partial charge on any atom is -0.309 e. The Balaban J connectivity index is 0.995. The van der Waals surface area contributed by atoms with Crippen molar-refractivity contribution in [2.45, 2.75) is 25.7 Å². The first kappa shape index (κ1) is 37.6. The van der Waals surface area contributed by atoms with Gasteiger partial charge >= 0.3 is 0 Å². The number of fused-ring (bicyclic) bond motifs is 15. The highest BCUT2D eigenvalue weighted by Crippen LogP contribution is 2.52. The highest BCUT2D eigenvalue weighted by molar-refractivity contribution is 6.16. The van der Waals surface area contributed by atoms with Gasteiger partial charge in [-0.25, -0.2) is 0 Å². The Morgan fingerprint density at radius 2 is 0.529 bits per heavy atom. The van der Waals surface area contributed by atoms with Crippen molar-refractivity contribution in [1.29, 1.82) is 0 Å². The number of para-hydroxylation sites is 6. The van der Waals surface area contributed by atoms with Crippen molar-refractivity contribution < 1.29 is 0 Å². The van der Waals surface area contributed by atoms with Gasteiger partial charge in [-0.15, -0.1) is 0 Å². The van der Waals surface area contributed by atoms with Crippen molar-refractivity contribution in [2.24, 2.45) is 0 Å². The van der Waals surface area contributed by atoms with Gasteiger partial charge in [0, 0.05) is 65.8 Å². The molecule has 0 bridgehead atoms. The fourth-order valence-electron chi connectivity index (χ4n) is 12.3. The maximum Gasteiger partial charge on any atom is 0.0547 e. The molecule has 0 radical (unpaired) electrons. The summed E-state index contributed by atoms with van der Waals surface area (Å²) in [5, 5.41) is 10.2.